The molecular formula is C12H17FN2O2. The van der Waals surface area contributed by atoms with Crippen molar-refractivity contribution >= 4 is 5.91 Å². The maximum Gasteiger partial charge on any atom is 0.224 e. The molecule has 0 aromatic heterocycles. The van der Waals surface area contributed by atoms with E-state index < -0.39 is 11.9 Å². The molecule has 1 amide bonds. The van der Waals surface area contributed by atoms with Gasteiger partial charge in [0.05, 0.1) is 6.10 Å². The molecule has 0 aliphatic heterocycles. The number of aliphatic hydroxyl groups is 1. The molecule has 0 saturated heterocycles. The van der Waals surface area contributed by atoms with Gasteiger partial charge in [-0.3, -0.25) is 4.79 Å². The van der Waals surface area contributed by atoms with E-state index in [0.717, 1.165) is 0 Å². The van der Waals surface area contributed by atoms with Gasteiger partial charge in [0.25, 0.3) is 0 Å². The summed E-state index contributed by atoms with van der Waals surface area (Å²) < 4.78 is 12.9. The molecule has 4 nitrogen and oxygen atoms in total. The number of hydrogen-bond donors (Lipinski definition) is 3. The molecule has 0 spiro atoms. The predicted octanol–water partition coefficient (Wildman–Crippen LogP) is 0.570. The van der Waals surface area contributed by atoms with E-state index in [-0.39, 0.29) is 24.9 Å². The van der Waals surface area contributed by atoms with Gasteiger partial charge in [-0.05, 0) is 17.7 Å². The standard InChI is InChI=1S/C12H17FN2O2/c1-8(6-14)12(17)15-7-11(16)9-3-2-4-10(13)5-9/h2-5,8,11,16H,6-7,14H2,1H3,(H,15,17). The molecule has 2 atom stereocenters. The Morgan fingerprint density at radius 1 is 1.59 bits per heavy atom. The molecule has 0 aliphatic rings. The Morgan fingerprint density at radius 2 is 2.29 bits per heavy atom. The van der Waals surface area contributed by atoms with Crippen molar-refractivity contribution in [3.63, 3.8) is 0 Å². The summed E-state index contributed by atoms with van der Waals surface area (Å²) in [4.78, 5) is 11.4. The smallest absolute Gasteiger partial charge is 0.224 e. The van der Waals surface area contributed by atoms with Gasteiger partial charge in [0.1, 0.15) is 5.82 Å². The first kappa shape index (κ1) is 13.6. The third-order valence-corrected chi connectivity index (χ3v) is 2.50. The molecule has 1 aromatic rings. The van der Waals surface area contributed by atoms with Crippen molar-refractivity contribution in [1.29, 1.82) is 0 Å². The number of nitrogens with one attached hydrogen (secondary N) is 1. The van der Waals surface area contributed by atoms with E-state index in [9.17, 15) is 14.3 Å². The molecule has 17 heavy (non-hydrogen) atoms. The van der Waals surface area contributed by atoms with Gasteiger partial charge in [-0.1, -0.05) is 19.1 Å². The third kappa shape index (κ3) is 4.13. The molecular weight excluding hydrogens is 223 g/mol. The third-order valence-electron chi connectivity index (χ3n) is 2.50. The van der Waals surface area contributed by atoms with E-state index in [4.69, 9.17) is 5.73 Å². The number of carbonyl (C=O) groups is 1. The van der Waals surface area contributed by atoms with Crippen molar-refractivity contribution in [3.05, 3.63) is 35.6 Å². The van der Waals surface area contributed by atoms with Crippen LogP contribution in [0.3, 0.4) is 0 Å². The average molecular weight is 240 g/mol. The zero-order chi connectivity index (χ0) is 12.8. The summed E-state index contributed by atoms with van der Waals surface area (Å²) in [6.07, 6.45) is -0.917. The lowest BCUT2D eigenvalue weighted by Crippen LogP contribution is -2.35. The largest absolute Gasteiger partial charge is 0.387 e. The summed E-state index contributed by atoms with van der Waals surface area (Å²) in [7, 11) is 0. The molecule has 1 rings (SSSR count). The van der Waals surface area contributed by atoms with Crippen LogP contribution in [0.25, 0.3) is 0 Å². The Hall–Kier alpha value is -1.46. The van der Waals surface area contributed by atoms with E-state index in [1.165, 1.54) is 18.2 Å². The molecule has 5 heteroatoms. The Morgan fingerprint density at radius 3 is 2.88 bits per heavy atom. The van der Waals surface area contributed by atoms with Crippen LogP contribution < -0.4 is 11.1 Å². The highest BCUT2D eigenvalue weighted by atomic mass is 19.1. The van der Waals surface area contributed by atoms with E-state index in [2.05, 4.69) is 5.32 Å². The summed E-state index contributed by atoms with van der Waals surface area (Å²) in [5, 5.41) is 12.3. The van der Waals surface area contributed by atoms with E-state index in [1.807, 2.05) is 0 Å². The lowest BCUT2D eigenvalue weighted by molar-refractivity contribution is -0.124. The minimum absolute atomic E-state index is 0.0482. The molecule has 1 aromatic carbocycles. The van der Waals surface area contributed by atoms with E-state index >= 15 is 0 Å². The van der Waals surface area contributed by atoms with Crippen LogP contribution in [0.5, 0.6) is 0 Å². The fourth-order valence-electron chi connectivity index (χ4n) is 1.31. The van der Waals surface area contributed by atoms with Crippen molar-refractivity contribution in [2.24, 2.45) is 11.7 Å². The van der Waals surface area contributed by atoms with Gasteiger partial charge in [0.2, 0.25) is 5.91 Å². The molecule has 0 aliphatic carbocycles. The van der Waals surface area contributed by atoms with Gasteiger partial charge in [-0.2, -0.15) is 0 Å². The van der Waals surface area contributed by atoms with E-state index in [0.29, 0.717) is 5.56 Å². The Kier molecular flexibility index (Phi) is 5.06. The monoisotopic (exact) mass is 240 g/mol. The Labute approximate surface area is 99.6 Å². The minimum atomic E-state index is -0.917. The number of hydrogen-bond acceptors (Lipinski definition) is 3. The van der Waals surface area contributed by atoms with Crippen molar-refractivity contribution in [2.45, 2.75) is 13.0 Å². The second kappa shape index (κ2) is 6.32. The van der Waals surface area contributed by atoms with Gasteiger partial charge in [-0.25, -0.2) is 4.39 Å². The number of benzene rings is 1. The highest BCUT2D eigenvalue weighted by Gasteiger charge is 2.13. The SMILES string of the molecule is CC(CN)C(=O)NCC(O)c1cccc(F)c1. The quantitative estimate of drug-likeness (QED) is 0.704. The molecule has 4 N–H and O–H groups in total. The van der Waals surface area contributed by atoms with Gasteiger partial charge in [0, 0.05) is 19.0 Å². The number of nitrogens with two attached hydrogens (primary N) is 1. The van der Waals surface area contributed by atoms with E-state index in [1.54, 1.807) is 13.0 Å². The number of amides is 1. The van der Waals surface area contributed by atoms with Gasteiger partial charge >= 0.3 is 0 Å². The zero-order valence-corrected chi connectivity index (χ0v) is 9.69. The summed E-state index contributed by atoms with van der Waals surface area (Å²) in [6.45, 7) is 2.00. The average Bonchev–Trinajstić information content (AvgIpc) is 2.34. The summed E-state index contributed by atoms with van der Waals surface area (Å²) in [5.41, 5.74) is 5.77. The van der Waals surface area contributed by atoms with Crippen molar-refractivity contribution < 1.29 is 14.3 Å². The predicted molar refractivity (Wildman–Crippen MR) is 62.6 cm³/mol. The lowest BCUT2D eigenvalue weighted by atomic mass is 10.1. The Balaban J connectivity index is 2.50. The van der Waals surface area contributed by atoms with Gasteiger partial charge in [-0.15, -0.1) is 0 Å². The fourth-order valence-corrected chi connectivity index (χ4v) is 1.31. The highest BCUT2D eigenvalue weighted by molar-refractivity contribution is 5.78. The number of aliphatic hydroxyl groups excluding tert-OH is 1. The molecule has 0 heterocycles. The normalized spacial score (nSPS) is 14.1. The van der Waals surface area contributed by atoms with Crippen LogP contribution in [0.1, 0.15) is 18.6 Å². The molecule has 94 valence electrons. The number of rotatable bonds is 5. The molecule has 2 unspecified atom stereocenters. The van der Waals surface area contributed by atoms with Crippen LogP contribution in [0.15, 0.2) is 24.3 Å². The van der Waals surface area contributed by atoms with Crippen LogP contribution in [0.4, 0.5) is 4.39 Å². The fraction of sp³-hybridized carbons (Fsp3) is 0.417. The first-order chi connectivity index (χ1) is 8.04. The highest BCUT2D eigenvalue weighted by Crippen LogP contribution is 2.13. The maximum absolute atomic E-state index is 12.9. The number of halogens is 1. The lowest BCUT2D eigenvalue weighted by Gasteiger charge is -2.14. The van der Waals surface area contributed by atoms with Crippen LogP contribution in [-0.4, -0.2) is 24.1 Å². The first-order valence-corrected chi connectivity index (χ1v) is 5.46. The van der Waals surface area contributed by atoms with Crippen molar-refractivity contribution in [3.8, 4) is 0 Å². The topological polar surface area (TPSA) is 75.4 Å². The van der Waals surface area contributed by atoms with Crippen LogP contribution >= 0.6 is 0 Å². The van der Waals surface area contributed by atoms with Crippen LogP contribution in [-0.2, 0) is 4.79 Å². The Bertz CT molecular complexity index is 385. The van der Waals surface area contributed by atoms with Crippen molar-refractivity contribution in [1.82, 2.24) is 5.32 Å². The maximum atomic E-state index is 12.9. The summed E-state index contributed by atoms with van der Waals surface area (Å²) in [6, 6.07) is 5.65. The minimum Gasteiger partial charge on any atom is -0.387 e. The zero-order valence-electron chi connectivity index (χ0n) is 9.69. The van der Waals surface area contributed by atoms with Crippen molar-refractivity contribution in [2.75, 3.05) is 13.1 Å². The van der Waals surface area contributed by atoms with Crippen LogP contribution in [0.2, 0.25) is 0 Å². The molecule has 0 saturated carbocycles. The summed E-state index contributed by atoms with van der Waals surface area (Å²) >= 11 is 0. The molecule has 0 radical (unpaired) electrons. The number of carbonyl (C=O) groups excluding carboxylic acids is 1. The van der Waals surface area contributed by atoms with Gasteiger partial charge < -0.3 is 16.2 Å². The second-order valence-electron chi connectivity index (χ2n) is 3.95. The van der Waals surface area contributed by atoms with Gasteiger partial charge in [0.15, 0.2) is 0 Å². The second-order valence-corrected chi connectivity index (χ2v) is 3.95. The van der Waals surface area contributed by atoms with Crippen LogP contribution in [0, 0.1) is 11.7 Å². The summed E-state index contributed by atoms with van der Waals surface area (Å²) in [5.74, 6) is -0.930. The molecule has 0 bridgehead atoms. The first-order valence-electron chi connectivity index (χ1n) is 5.46. The molecule has 0 fully saturated rings.